The third-order valence-corrected chi connectivity index (χ3v) is 4.79. The highest BCUT2D eigenvalue weighted by molar-refractivity contribution is 6.07. The van der Waals surface area contributed by atoms with Gasteiger partial charge in [-0.2, -0.15) is 0 Å². The van der Waals surface area contributed by atoms with Crippen LogP contribution in [0, 0.1) is 0 Å². The van der Waals surface area contributed by atoms with E-state index in [4.69, 9.17) is 8.94 Å². The molecule has 0 bridgehead atoms. The molecule has 1 N–H and O–H groups in total. The Bertz CT molecular complexity index is 930. The molecule has 1 aliphatic heterocycles. The van der Waals surface area contributed by atoms with E-state index in [1.165, 1.54) is 0 Å². The van der Waals surface area contributed by atoms with Crippen LogP contribution in [0.3, 0.4) is 0 Å². The minimum Gasteiger partial charge on any atom is -0.463 e. The number of furan rings is 1. The molecule has 1 amide bonds. The van der Waals surface area contributed by atoms with Gasteiger partial charge in [-0.15, -0.1) is 0 Å². The van der Waals surface area contributed by atoms with Gasteiger partial charge in [-0.05, 0) is 31.0 Å². The second-order valence-corrected chi connectivity index (χ2v) is 6.99. The van der Waals surface area contributed by atoms with Crippen molar-refractivity contribution in [1.82, 2.24) is 20.4 Å². The molecule has 1 saturated heterocycles. The fourth-order valence-electron chi connectivity index (χ4n) is 3.38. The van der Waals surface area contributed by atoms with Crippen LogP contribution in [0.1, 0.15) is 42.7 Å². The van der Waals surface area contributed by atoms with Gasteiger partial charge in [-0.3, -0.25) is 4.79 Å². The zero-order valence-electron chi connectivity index (χ0n) is 15.2. The van der Waals surface area contributed by atoms with E-state index in [-0.39, 0.29) is 17.9 Å². The lowest BCUT2D eigenvalue weighted by molar-refractivity contribution is 0.0657. The standard InChI is InChI=1S/C19H22N4O3/c1-11(2)17-16-13(19(24)23-7-6-20-10-12(23)3)9-14(15-5-4-8-25-15)21-18(16)26-22-17/h4-5,8-9,11-12,20H,6-7,10H2,1-3H3/t12-/m1/s1. The molecule has 0 radical (unpaired) electrons. The molecule has 1 atom stereocenters. The molecule has 0 spiro atoms. The summed E-state index contributed by atoms with van der Waals surface area (Å²) in [6.07, 6.45) is 1.58. The van der Waals surface area contributed by atoms with E-state index >= 15 is 0 Å². The van der Waals surface area contributed by atoms with Gasteiger partial charge in [0.1, 0.15) is 5.69 Å². The third kappa shape index (κ3) is 2.78. The zero-order valence-corrected chi connectivity index (χ0v) is 15.2. The van der Waals surface area contributed by atoms with E-state index in [1.54, 1.807) is 18.4 Å². The maximum absolute atomic E-state index is 13.4. The molecule has 26 heavy (non-hydrogen) atoms. The van der Waals surface area contributed by atoms with Crippen molar-refractivity contribution in [2.24, 2.45) is 0 Å². The van der Waals surface area contributed by atoms with Crippen LogP contribution in [0.4, 0.5) is 0 Å². The van der Waals surface area contributed by atoms with Crippen LogP contribution in [-0.2, 0) is 0 Å². The first-order valence-electron chi connectivity index (χ1n) is 8.92. The molecule has 3 aromatic heterocycles. The molecule has 4 heterocycles. The summed E-state index contributed by atoms with van der Waals surface area (Å²) in [7, 11) is 0. The zero-order chi connectivity index (χ0) is 18.3. The number of rotatable bonds is 3. The van der Waals surface area contributed by atoms with Crippen LogP contribution in [-0.4, -0.2) is 46.6 Å². The number of carbonyl (C=O) groups excluding carboxylic acids is 1. The van der Waals surface area contributed by atoms with E-state index in [0.29, 0.717) is 34.7 Å². The molecule has 0 aliphatic carbocycles. The normalized spacial score (nSPS) is 18.0. The number of fused-ring (bicyclic) bond motifs is 1. The minimum atomic E-state index is -0.0238. The molecule has 3 aromatic rings. The Kier molecular flexibility index (Phi) is 4.24. The topological polar surface area (TPSA) is 84.4 Å². The Hall–Kier alpha value is -2.67. The van der Waals surface area contributed by atoms with Gasteiger partial charge in [0.15, 0.2) is 5.76 Å². The monoisotopic (exact) mass is 354 g/mol. The summed E-state index contributed by atoms with van der Waals surface area (Å²) in [5.74, 6) is 0.695. The second-order valence-electron chi connectivity index (χ2n) is 6.99. The van der Waals surface area contributed by atoms with E-state index in [0.717, 1.165) is 18.8 Å². The molecule has 0 aromatic carbocycles. The van der Waals surface area contributed by atoms with Crippen molar-refractivity contribution in [2.45, 2.75) is 32.7 Å². The van der Waals surface area contributed by atoms with Crippen molar-refractivity contribution in [2.75, 3.05) is 19.6 Å². The summed E-state index contributed by atoms with van der Waals surface area (Å²) in [5.41, 5.74) is 2.26. The minimum absolute atomic E-state index is 0.0238. The lowest BCUT2D eigenvalue weighted by Gasteiger charge is -2.34. The smallest absolute Gasteiger partial charge is 0.259 e. The van der Waals surface area contributed by atoms with Gasteiger partial charge in [0, 0.05) is 25.7 Å². The predicted molar refractivity (Wildman–Crippen MR) is 97.0 cm³/mol. The Morgan fingerprint density at radius 1 is 1.42 bits per heavy atom. The van der Waals surface area contributed by atoms with Crippen LogP contribution >= 0.6 is 0 Å². The van der Waals surface area contributed by atoms with Gasteiger partial charge >= 0.3 is 0 Å². The van der Waals surface area contributed by atoms with Crippen molar-refractivity contribution in [3.63, 3.8) is 0 Å². The van der Waals surface area contributed by atoms with E-state index in [9.17, 15) is 4.79 Å². The van der Waals surface area contributed by atoms with Crippen LogP contribution in [0.25, 0.3) is 22.6 Å². The first-order chi connectivity index (χ1) is 12.6. The molecule has 0 saturated carbocycles. The number of amides is 1. The van der Waals surface area contributed by atoms with Crippen molar-refractivity contribution >= 4 is 17.0 Å². The maximum Gasteiger partial charge on any atom is 0.259 e. The molecular formula is C19H22N4O3. The lowest BCUT2D eigenvalue weighted by Crippen LogP contribution is -2.52. The van der Waals surface area contributed by atoms with E-state index in [1.807, 2.05) is 31.7 Å². The first-order valence-corrected chi connectivity index (χ1v) is 8.92. The second kappa shape index (κ2) is 6.57. The predicted octanol–water partition coefficient (Wildman–Crippen LogP) is 3.04. The van der Waals surface area contributed by atoms with Crippen molar-refractivity contribution < 1.29 is 13.7 Å². The summed E-state index contributed by atoms with van der Waals surface area (Å²) in [6.45, 7) is 8.34. The van der Waals surface area contributed by atoms with Crippen molar-refractivity contribution in [1.29, 1.82) is 0 Å². The molecular weight excluding hydrogens is 332 g/mol. The molecule has 7 heteroatoms. The largest absolute Gasteiger partial charge is 0.463 e. The molecule has 1 aliphatic rings. The number of pyridine rings is 1. The summed E-state index contributed by atoms with van der Waals surface area (Å²) < 4.78 is 10.9. The van der Waals surface area contributed by atoms with Gasteiger partial charge in [0.25, 0.3) is 11.6 Å². The third-order valence-electron chi connectivity index (χ3n) is 4.79. The molecule has 4 rings (SSSR count). The summed E-state index contributed by atoms with van der Waals surface area (Å²) in [6, 6.07) is 5.52. The van der Waals surface area contributed by atoms with Crippen LogP contribution in [0.2, 0.25) is 0 Å². The number of carbonyl (C=O) groups is 1. The van der Waals surface area contributed by atoms with Gasteiger partial charge in [0.2, 0.25) is 0 Å². The summed E-state index contributed by atoms with van der Waals surface area (Å²) >= 11 is 0. The number of hydrogen-bond acceptors (Lipinski definition) is 6. The SMILES string of the molecule is CC(C)c1noc2nc(-c3ccco3)cc(C(=O)N3CCNC[C@H]3C)c12. The first kappa shape index (κ1) is 16.8. The Morgan fingerprint density at radius 3 is 2.96 bits per heavy atom. The molecule has 136 valence electrons. The Balaban J connectivity index is 1.89. The summed E-state index contributed by atoms with van der Waals surface area (Å²) in [4.78, 5) is 19.8. The maximum atomic E-state index is 13.4. The van der Waals surface area contributed by atoms with Crippen molar-refractivity contribution in [3.8, 4) is 11.5 Å². The highest BCUT2D eigenvalue weighted by Crippen LogP contribution is 2.31. The number of piperazine rings is 1. The lowest BCUT2D eigenvalue weighted by atomic mass is 10.0. The number of nitrogens with one attached hydrogen (secondary N) is 1. The summed E-state index contributed by atoms with van der Waals surface area (Å²) in [5, 5.41) is 8.19. The number of nitrogens with zero attached hydrogens (tertiary/aromatic N) is 3. The fraction of sp³-hybridized carbons (Fsp3) is 0.421. The van der Waals surface area contributed by atoms with Crippen LogP contribution < -0.4 is 5.32 Å². The van der Waals surface area contributed by atoms with Crippen molar-refractivity contribution in [3.05, 3.63) is 35.7 Å². The van der Waals surface area contributed by atoms with Crippen LogP contribution in [0.15, 0.2) is 33.4 Å². The molecule has 7 nitrogen and oxygen atoms in total. The number of aromatic nitrogens is 2. The highest BCUT2D eigenvalue weighted by Gasteiger charge is 2.29. The van der Waals surface area contributed by atoms with Gasteiger partial charge < -0.3 is 19.2 Å². The molecule has 1 fully saturated rings. The van der Waals surface area contributed by atoms with Gasteiger partial charge in [-0.1, -0.05) is 19.0 Å². The van der Waals surface area contributed by atoms with E-state index in [2.05, 4.69) is 15.5 Å². The molecule has 0 unspecified atom stereocenters. The average molecular weight is 354 g/mol. The van der Waals surface area contributed by atoms with Gasteiger partial charge in [-0.25, -0.2) is 4.98 Å². The Labute approximate surface area is 151 Å². The highest BCUT2D eigenvalue weighted by atomic mass is 16.5. The van der Waals surface area contributed by atoms with E-state index < -0.39 is 0 Å². The average Bonchev–Trinajstić information content (AvgIpc) is 3.30. The number of hydrogen-bond donors (Lipinski definition) is 1. The quantitative estimate of drug-likeness (QED) is 0.778. The van der Waals surface area contributed by atoms with Crippen LogP contribution in [0.5, 0.6) is 0 Å². The fourth-order valence-corrected chi connectivity index (χ4v) is 3.38. The Morgan fingerprint density at radius 2 is 2.27 bits per heavy atom. The van der Waals surface area contributed by atoms with Gasteiger partial charge in [0.05, 0.1) is 22.9 Å².